The summed E-state index contributed by atoms with van der Waals surface area (Å²) >= 11 is 0. The summed E-state index contributed by atoms with van der Waals surface area (Å²) in [5, 5.41) is 9.30. The van der Waals surface area contributed by atoms with Gasteiger partial charge in [-0.1, -0.05) is 18.2 Å². The van der Waals surface area contributed by atoms with Gasteiger partial charge in [0.25, 0.3) is 0 Å². The van der Waals surface area contributed by atoms with Crippen LogP contribution in [0.3, 0.4) is 0 Å². The lowest BCUT2D eigenvalue weighted by Gasteiger charge is -2.16. The van der Waals surface area contributed by atoms with E-state index in [1.54, 1.807) is 13.0 Å². The number of benzene rings is 2. The van der Waals surface area contributed by atoms with E-state index in [4.69, 9.17) is 9.47 Å². The van der Waals surface area contributed by atoms with E-state index in [0.29, 0.717) is 22.8 Å². The van der Waals surface area contributed by atoms with Crippen LogP contribution in [0.2, 0.25) is 0 Å². The fourth-order valence-corrected chi connectivity index (χ4v) is 1.94. The third-order valence-electron chi connectivity index (χ3n) is 2.91. The number of ether oxygens (including phenoxy) is 2. The highest BCUT2D eigenvalue weighted by Gasteiger charge is 2.15. The number of carboxylic acids is 1. The molecule has 0 heterocycles. The third kappa shape index (κ3) is 3.75. The van der Waals surface area contributed by atoms with Crippen molar-refractivity contribution in [2.24, 2.45) is 0 Å². The zero-order valence-electron chi connectivity index (χ0n) is 12.3. The maximum Gasteiger partial charge on any atom is 0.336 e. The van der Waals surface area contributed by atoms with E-state index >= 15 is 0 Å². The highest BCUT2D eigenvalue weighted by molar-refractivity contribution is 5.90. The van der Waals surface area contributed by atoms with Crippen LogP contribution in [0.1, 0.15) is 29.8 Å². The molecule has 4 heteroatoms. The summed E-state index contributed by atoms with van der Waals surface area (Å²) in [6.07, 6.45) is -0.0441. The van der Waals surface area contributed by atoms with Crippen molar-refractivity contribution < 1.29 is 19.4 Å². The lowest BCUT2D eigenvalue weighted by Crippen LogP contribution is -2.09. The van der Waals surface area contributed by atoms with Gasteiger partial charge in [0.15, 0.2) is 0 Å². The average Bonchev–Trinajstić information content (AvgIpc) is 2.42. The highest BCUT2D eigenvalue weighted by Crippen LogP contribution is 2.31. The van der Waals surface area contributed by atoms with Crippen molar-refractivity contribution in [1.29, 1.82) is 0 Å². The molecule has 0 fully saturated rings. The van der Waals surface area contributed by atoms with E-state index in [1.807, 2.05) is 44.2 Å². The van der Waals surface area contributed by atoms with Gasteiger partial charge in [0.05, 0.1) is 11.7 Å². The van der Waals surface area contributed by atoms with Gasteiger partial charge in [-0.15, -0.1) is 0 Å². The number of carboxylic acid groups (broad SMARTS) is 1. The fourth-order valence-electron chi connectivity index (χ4n) is 1.94. The molecule has 1 N–H and O–H groups in total. The minimum absolute atomic E-state index is 0.0441. The number of rotatable bonds is 5. The van der Waals surface area contributed by atoms with Gasteiger partial charge in [0.2, 0.25) is 0 Å². The average molecular weight is 286 g/mol. The first-order valence-corrected chi connectivity index (χ1v) is 6.75. The predicted octanol–water partition coefficient (Wildman–Crippen LogP) is 4.27. The maximum atomic E-state index is 11.4. The van der Waals surface area contributed by atoms with Crippen molar-refractivity contribution in [2.45, 2.75) is 26.9 Å². The molecule has 4 nitrogen and oxygen atoms in total. The number of para-hydroxylation sites is 1. The molecule has 110 valence electrons. The first-order chi connectivity index (χ1) is 9.97. The number of aromatic carboxylic acids is 1. The molecular formula is C17H18O4. The lowest BCUT2D eigenvalue weighted by molar-refractivity contribution is 0.0694. The summed E-state index contributed by atoms with van der Waals surface area (Å²) in [5.41, 5.74) is 0.774. The second-order valence-corrected chi connectivity index (χ2v) is 4.98. The van der Waals surface area contributed by atoms with E-state index in [0.717, 1.165) is 0 Å². The maximum absolute atomic E-state index is 11.4. The van der Waals surface area contributed by atoms with E-state index < -0.39 is 5.97 Å². The molecule has 0 radical (unpaired) electrons. The van der Waals surface area contributed by atoms with Crippen molar-refractivity contribution in [3.05, 3.63) is 53.6 Å². The van der Waals surface area contributed by atoms with Crippen LogP contribution >= 0.6 is 0 Å². The summed E-state index contributed by atoms with van der Waals surface area (Å²) in [6, 6.07) is 12.4. The van der Waals surface area contributed by atoms with Crippen LogP contribution in [0.15, 0.2) is 42.5 Å². The molecular weight excluding hydrogens is 268 g/mol. The van der Waals surface area contributed by atoms with Crippen LogP contribution in [-0.2, 0) is 0 Å². The third-order valence-corrected chi connectivity index (χ3v) is 2.91. The Morgan fingerprint density at radius 1 is 1.10 bits per heavy atom. The van der Waals surface area contributed by atoms with Crippen LogP contribution < -0.4 is 9.47 Å². The molecule has 0 aliphatic heterocycles. The Balaban J connectivity index is 2.41. The Kier molecular flexibility index (Phi) is 4.48. The first kappa shape index (κ1) is 14.9. The Hall–Kier alpha value is -2.49. The van der Waals surface area contributed by atoms with Gasteiger partial charge in [-0.25, -0.2) is 4.79 Å². The molecule has 2 rings (SSSR count). The highest BCUT2D eigenvalue weighted by atomic mass is 16.5. The number of hydrogen-bond donors (Lipinski definition) is 1. The summed E-state index contributed by atoms with van der Waals surface area (Å²) in [7, 11) is 0. The molecule has 0 aliphatic carbocycles. The van der Waals surface area contributed by atoms with Crippen LogP contribution in [0, 0.1) is 6.92 Å². The molecule has 0 unspecified atom stereocenters. The Bertz CT molecular complexity index is 633. The molecule has 0 aromatic heterocycles. The molecule has 2 aromatic rings. The quantitative estimate of drug-likeness (QED) is 0.891. The number of carbonyl (C=O) groups is 1. The first-order valence-electron chi connectivity index (χ1n) is 6.75. The van der Waals surface area contributed by atoms with Gasteiger partial charge >= 0.3 is 5.97 Å². The minimum atomic E-state index is -1.00. The Morgan fingerprint density at radius 2 is 1.76 bits per heavy atom. The van der Waals surface area contributed by atoms with E-state index in [9.17, 15) is 9.90 Å². The van der Waals surface area contributed by atoms with E-state index in [1.165, 1.54) is 6.07 Å². The van der Waals surface area contributed by atoms with Crippen LogP contribution in [-0.4, -0.2) is 17.2 Å². The second kappa shape index (κ2) is 6.31. The molecule has 0 amide bonds. The van der Waals surface area contributed by atoms with Crippen molar-refractivity contribution in [2.75, 3.05) is 0 Å². The zero-order valence-corrected chi connectivity index (χ0v) is 12.3. The zero-order chi connectivity index (χ0) is 15.4. The van der Waals surface area contributed by atoms with Crippen LogP contribution in [0.5, 0.6) is 17.2 Å². The van der Waals surface area contributed by atoms with Gasteiger partial charge in [0.1, 0.15) is 17.2 Å². The van der Waals surface area contributed by atoms with Gasteiger partial charge in [-0.3, -0.25) is 0 Å². The Morgan fingerprint density at radius 3 is 2.33 bits per heavy atom. The summed E-state index contributed by atoms with van der Waals surface area (Å²) in [6.45, 7) is 5.52. The minimum Gasteiger partial charge on any atom is -0.491 e. The van der Waals surface area contributed by atoms with Gasteiger partial charge in [-0.05, 0) is 39.0 Å². The van der Waals surface area contributed by atoms with Gasteiger partial charge < -0.3 is 14.6 Å². The van der Waals surface area contributed by atoms with Crippen molar-refractivity contribution in [1.82, 2.24) is 0 Å². The molecule has 2 aromatic carbocycles. The van der Waals surface area contributed by atoms with Gasteiger partial charge in [-0.2, -0.15) is 0 Å². The monoisotopic (exact) mass is 286 g/mol. The summed E-state index contributed by atoms with van der Waals surface area (Å²) in [4.78, 5) is 11.4. The molecule has 0 spiro atoms. The molecule has 0 atom stereocenters. The summed E-state index contributed by atoms with van der Waals surface area (Å²) in [5.74, 6) is 0.614. The van der Waals surface area contributed by atoms with Crippen LogP contribution in [0.25, 0.3) is 0 Å². The van der Waals surface area contributed by atoms with Crippen molar-refractivity contribution >= 4 is 5.97 Å². The summed E-state index contributed by atoms with van der Waals surface area (Å²) < 4.78 is 11.4. The standard InChI is InChI=1S/C17H18O4/c1-11(2)20-16-10-14(9-15(12(16)3)17(18)19)21-13-7-5-4-6-8-13/h4-11H,1-3H3,(H,18,19). The molecule has 0 aliphatic rings. The normalized spacial score (nSPS) is 10.5. The van der Waals surface area contributed by atoms with E-state index in [-0.39, 0.29) is 11.7 Å². The fraction of sp³-hybridized carbons (Fsp3) is 0.235. The van der Waals surface area contributed by atoms with Crippen molar-refractivity contribution in [3.63, 3.8) is 0 Å². The Labute approximate surface area is 123 Å². The predicted molar refractivity (Wildman–Crippen MR) is 80.4 cm³/mol. The number of hydrogen-bond acceptors (Lipinski definition) is 3. The topological polar surface area (TPSA) is 55.8 Å². The SMILES string of the molecule is Cc1c(OC(C)C)cc(Oc2ccccc2)cc1C(=O)O. The molecule has 0 bridgehead atoms. The van der Waals surface area contributed by atoms with Gasteiger partial charge in [0, 0.05) is 11.6 Å². The van der Waals surface area contributed by atoms with Crippen LogP contribution in [0.4, 0.5) is 0 Å². The molecule has 0 saturated carbocycles. The largest absolute Gasteiger partial charge is 0.491 e. The molecule has 21 heavy (non-hydrogen) atoms. The lowest BCUT2D eigenvalue weighted by atomic mass is 10.1. The molecule has 0 saturated heterocycles. The second-order valence-electron chi connectivity index (χ2n) is 4.98. The van der Waals surface area contributed by atoms with E-state index in [2.05, 4.69) is 0 Å². The van der Waals surface area contributed by atoms with Crippen molar-refractivity contribution in [3.8, 4) is 17.2 Å². The smallest absolute Gasteiger partial charge is 0.336 e.